The normalized spacial score (nSPS) is 23.1. The third kappa shape index (κ3) is 3.30. The standard InChI is InChI=1S/C16H26N4/c17-16(6-2-3-7-16)8-10-19-11-13-20(14-12-19)15-5-1-4-9-18-15/h1,4-5,9H,2-3,6-8,10-14,17H2. The summed E-state index contributed by atoms with van der Waals surface area (Å²) in [6, 6.07) is 6.14. The molecule has 2 heterocycles. The first-order valence-corrected chi connectivity index (χ1v) is 7.92. The molecule has 0 radical (unpaired) electrons. The van der Waals surface area contributed by atoms with Crippen LogP contribution in [0.4, 0.5) is 5.82 Å². The number of piperazine rings is 1. The topological polar surface area (TPSA) is 45.4 Å². The van der Waals surface area contributed by atoms with Gasteiger partial charge in [-0.15, -0.1) is 0 Å². The van der Waals surface area contributed by atoms with Crippen LogP contribution >= 0.6 is 0 Å². The first-order valence-electron chi connectivity index (χ1n) is 7.92. The van der Waals surface area contributed by atoms with Crippen LogP contribution in [0.25, 0.3) is 0 Å². The van der Waals surface area contributed by atoms with Crippen molar-refractivity contribution in [3.63, 3.8) is 0 Å². The summed E-state index contributed by atoms with van der Waals surface area (Å²) in [5.41, 5.74) is 6.58. The molecular weight excluding hydrogens is 248 g/mol. The molecule has 110 valence electrons. The number of aromatic nitrogens is 1. The van der Waals surface area contributed by atoms with Gasteiger partial charge in [-0.25, -0.2) is 4.98 Å². The minimum absolute atomic E-state index is 0.137. The number of pyridine rings is 1. The molecule has 0 atom stereocenters. The highest BCUT2D eigenvalue weighted by atomic mass is 15.3. The molecule has 2 fully saturated rings. The average molecular weight is 274 g/mol. The number of anilines is 1. The van der Waals surface area contributed by atoms with E-state index in [1.54, 1.807) is 0 Å². The fourth-order valence-corrected chi connectivity index (χ4v) is 3.45. The zero-order chi connectivity index (χ0) is 13.8. The Hall–Kier alpha value is -1.13. The Bertz CT molecular complexity index is 406. The maximum atomic E-state index is 6.45. The second-order valence-electron chi connectivity index (χ2n) is 6.34. The third-order valence-corrected chi connectivity index (χ3v) is 4.87. The van der Waals surface area contributed by atoms with Crippen LogP contribution in [0.2, 0.25) is 0 Å². The smallest absolute Gasteiger partial charge is 0.128 e. The predicted octanol–water partition coefficient (Wildman–Crippen LogP) is 1.87. The van der Waals surface area contributed by atoms with Gasteiger partial charge in [-0.05, 0) is 31.4 Å². The van der Waals surface area contributed by atoms with E-state index >= 15 is 0 Å². The number of hydrogen-bond acceptors (Lipinski definition) is 4. The summed E-state index contributed by atoms with van der Waals surface area (Å²) in [5.74, 6) is 1.11. The molecule has 1 aromatic rings. The highest BCUT2D eigenvalue weighted by Crippen LogP contribution is 2.30. The minimum Gasteiger partial charge on any atom is -0.354 e. The van der Waals surface area contributed by atoms with E-state index in [-0.39, 0.29) is 5.54 Å². The summed E-state index contributed by atoms with van der Waals surface area (Å²) in [7, 11) is 0. The molecule has 4 nitrogen and oxygen atoms in total. The van der Waals surface area contributed by atoms with Gasteiger partial charge in [0, 0.05) is 44.5 Å². The van der Waals surface area contributed by atoms with E-state index in [9.17, 15) is 0 Å². The van der Waals surface area contributed by atoms with Gasteiger partial charge in [0.25, 0.3) is 0 Å². The van der Waals surface area contributed by atoms with E-state index in [1.807, 2.05) is 12.3 Å². The molecule has 0 bridgehead atoms. The van der Waals surface area contributed by atoms with Crippen LogP contribution in [0, 0.1) is 0 Å². The molecule has 0 aromatic carbocycles. The highest BCUT2D eigenvalue weighted by Gasteiger charge is 2.29. The van der Waals surface area contributed by atoms with E-state index in [2.05, 4.69) is 26.9 Å². The third-order valence-electron chi connectivity index (χ3n) is 4.87. The minimum atomic E-state index is 0.137. The van der Waals surface area contributed by atoms with Crippen molar-refractivity contribution in [2.75, 3.05) is 37.6 Å². The lowest BCUT2D eigenvalue weighted by molar-refractivity contribution is 0.227. The summed E-state index contributed by atoms with van der Waals surface area (Å²) < 4.78 is 0. The Morgan fingerprint density at radius 1 is 1.10 bits per heavy atom. The van der Waals surface area contributed by atoms with E-state index in [0.29, 0.717) is 0 Å². The lowest BCUT2D eigenvalue weighted by Gasteiger charge is -2.37. The van der Waals surface area contributed by atoms with E-state index < -0.39 is 0 Å². The van der Waals surface area contributed by atoms with Crippen molar-refractivity contribution in [2.45, 2.75) is 37.6 Å². The fourth-order valence-electron chi connectivity index (χ4n) is 3.45. The lowest BCUT2D eigenvalue weighted by Crippen LogP contribution is -2.49. The van der Waals surface area contributed by atoms with Crippen molar-refractivity contribution >= 4 is 5.82 Å². The Labute approximate surface area is 122 Å². The number of nitrogens with two attached hydrogens (primary N) is 1. The largest absolute Gasteiger partial charge is 0.354 e. The Kier molecular flexibility index (Phi) is 4.22. The SMILES string of the molecule is NC1(CCN2CCN(c3ccccn3)CC2)CCCC1. The second-order valence-corrected chi connectivity index (χ2v) is 6.34. The van der Waals surface area contributed by atoms with Crippen molar-refractivity contribution < 1.29 is 0 Å². The van der Waals surface area contributed by atoms with Crippen LogP contribution < -0.4 is 10.6 Å². The number of rotatable bonds is 4. The van der Waals surface area contributed by atoms with Gasteiger partial charge in [0.1, 0.15) is 5.82 Å². The molecule has 0 unspecified atom stereocenters. The van der Waals surface area contributed by atoms with Gasteiger partial charge in [-0.1, -0.05) is 18.9 Å². The van der Waals surface area contributed by atoms with E-state index in [1.165, 1.54) is 25.7 Å². The molecule has 1 aliphatic heterocycles. The zero-order valence-electron chi connectivity index (χ0n) is 12.3. The van der Waals surface area contributed by atoms with Crippen LogP contribution in [-0.2, 0) is 0 Å². The summed E-state index contributed by atoms with van der Waals surface area (Å²) in [5, 5.41) is 0. The van der Waals surface area contributed by atoms with Crippen LogP contribution in [0.3, 0.4) is 0 Å². The van der Waals surface area contributed by atoms with Crippen molar-refractivity contribution in [3.05, 3.63) is 24.4 Å². The Morgan fingerprint density at radius 2 is 1.85 bits per heavy atom. The van der Waals surface area contributed by atoms with Gasteiger partial charge < -0.3 is 10.6 Å². The molecule has 0 spiro atoms. The summed E-state index contributed by atoms with van der Waals surface area (Å²) in [6.45, 7) is 5.58. The number of hydrogen-bond donors (Lipinski definition) is 1. The first kappa shape index (κ1) is 13.8. The summed E-state index contributed by atoms with van der Waals surface area (Å²) in [4.78, 5) is 9.38. The molecule has 2 aliphatic rings. The monoisotopic (exact) mass is 274 g/mol. The molecule has 1 saturated carbocycles. The molecule has 1 aliphatic carbocycles. The first-order chi connectivity index (χ1) is 9.75. The fraction of sp³-hybridized carbons (Fsp3) is 0.688. The van der Waals surface area contributed by atoms with Crippen LogP contribution in [-0.4, -0.2) is 48.1 Å². The predicted molar refractivity (Wildman–Crippen MR) is 82.9 cm³/mol. The van der Waals surface area contributed by atoms with Crippen molar-refractivity contribution in [2.24, 2.45) is 5.73 Å². The highest BCUT2D eigenvalue weighted by molar-refractivity contribution is 5.38. The Morgan fingerprint density at radius 3 is 2.50 bits per heavy atom. The molecule has 2 N–H and O–H groups in total. The molecular formula is C16H26N4. The molecule has 4 heteroatoms. The maximum absolute atomic E-state index is 6.45. The van der Waals surface area contributed by atoms with Crippen molar-refractivity contribution in [1.29, 1.82) is 0 Å². The van der Waals surface area contributed by atoms with Gasteiger partial charge in [-0.2, -0.15) is 0 Å². The van der Waals surface area contributed by atoms with Crippen molar-refractivity contribution in [1.82, 2.24) is 9.88 Å². The molecule has 0 amide bonds. The molecule has 1 aromatic heterocycles. The van der Waals surface area contributed by atoms with Gasteiger partial charge in [0.2, 0.25) is 0 Å². The van der Waals surface area contributed by atoms with E-state index in [4.69, 9.17) is 5.73 Å². The average Bonchev–Trinajstić information content (AvgIpc) is 2.94. The van der Waals surface area contributed by atoms with Gasteiger partial charge in [0.15, 0.2) is 0 Å². The Balaban J connectivity index is 1.44. The molecule has 3 rings (SSSR count). The lowest BCUT2D eigenvalue weighted by atomic mass is 9.94. The van der Waals surface area contributed by atoms with Crippen LogP contribution in [0.15, 0.2) is 24.4 Å². The van der Waals surface area contributed by atoms with Crippen LogP contribution in [0.5, 0.6) is 0 Å². The summed E-state index contributed by atoms with van der Waals surface area (Å²) >= 11 is 0. The second kappa shape index (κ2) is 6.10. The number of nitrogens with zero attached hydrogens (tertiary/aromatic N) is 3. The van der Waals surface area contributed by atoms with Crippen LogP contribution in [0.1, 0.15) is 32.1 Å². The quantitative estimate of drug-likeness (QED) is 0.910. The van der Waals surface area contributed by atoms with Gasteiger partial charge in [0.05, 0.1) is 0 Å². The van der Waals surface area contributed by atoms with Gasteiger partial charge in [-0.3, -0.25) is 4.90 Å². The summed E-state index contributed by atoms with van der Waals surface area (Å²) in [6.07, 6.45) is 8.13. The molecule has 1 saturated heterocycles. The van der Waals surface area contributed by atoms with Crippen molar-refractivity contribution in [3.8, 4) is 0 Å². The maximum Gasteiger partial charge on any atom is 0.128 e. The zero-order valence-corrected chi connectivity index (χ0v) is 12.3. The van der Waals surface area contributed by atoms with E-state index in [0.717, 1.165) is 45.0 Å². The molecule has 20 heavy (non-hydrogen) atoms. The van der Waals surface area contributed by atoms with Gasteiger partial charge >= 0.3 is 0 Å².